The van der Waals surface area contributed by atoms with Crippen LogP contribution < -0.4 is 0 Å². The van der Waals surface area contributed by atoms with Gasteiger partial charge in [0, 0.05) is 0 Å². The Balaban J connectivity index is 3.80. The van der Waals surface area contributed by atoms with E-state index < -0.39 is 19.8 Å². The van der Waals surface area contributed by atoms with Crippen LogP contribution in [0.2, 0.25) is 13.3 Å². The van der Waals surface area contributed by atoms with Crippen LogP contribution in [-0.2, 0) is 0 Å². The third-order valence-corrected chi connectivity index (χ3v) is 14.7. The van der Waals surface area contributed by atoms with Crippen molar-refractivity contribution in [3.63, 3.8) is 0 Å². The molecule has 0 nitrogen and oxygen atoms in total. The molecule has 0 aliphatic carbocycles. The van der Waals surface area contributed by atoms with Crippen LogP contribution in [0.1, 0.15) is 130 Å². The Morgan fingerprint density at radius 3 is 1.24 bits per heavy atom. The summed E-state index contributed by atoms with van der Waals surface area (Å²) < 4.78 is 5.14. The SMILES string of the molecule is CCCCCCC[CH2][Sn]([CH2]CCCCCCC)[CH2]CCCCC(C)C. The molecule has 0 heterocycles. The molecule has 0 unspecified atom stereocenters. The third kappa shape index (κ3) is 21.0. The van der Waals surface area contributed by atoms with E-state index in [1.54, 1.807) is 32.6 Å². The summed E-state index contributed by atoms with van der Waals surface area (Å²) in [5, 5.41) is 0. The van der Waals surface area contributed by atoms with Crippen molar-refractivity contribution in [3.05, 3.63) is 0 Å². The molecular weight excluding hydrogens is 407 g/mol. The van der Waals surface area contributed by atoms with Crippen LogP contribution >= 0.6 is 0 Å². The van der Waals surface area contributed by atoms with Crippen LogP contribution in [0.25, 0.3) is 0 Å². The zero-order chi connectivity index (χ0) is 18.6. The van der Waals surface area contributed by atoms with Crippen LogP contribution in [0, 0.1) is 5.92 Å². The molecule has 0 fully saturated rings. The second-order valence-corrected chi connectivity index (χ2v) is 17.3. The van der Waals surface area contributed by atoms with E-state index in [-0.39, 0.29) is 0 Å². The van der Waals surface area contributed by atoms with Crippen molar-refractivity contribution in [1.82, 2.24) is 0 Å². The summed E-state index contributed by atoms with van der Waals surface area (Å²) in [6.45, 7) is 9.40. The molecule has 1 heteroatoms. The first kappa shape index (κ1) is 25.8. The molecular formula is C24H51Sn. The molecule has 0 rings (SSSR count). The molecule has 0 saturated heterocycles. The Labute approximate surface area is 169 Å². The molecule has 0 amide bonds. The van der Waals surface area contributed by atoms with E-state index in [2.05, 4.69) is 27.7 Å². The third-order valence-electron chi connectivity index (χ3n) is 5.58. The Morgan fingerprint density at radius 2 is 0.840 bits per heavy atom. The Kier molecular flexibility index (Phi) is 21.8. The van der Waals surface area contributed by atoms with Gasteiger partial charge in [-0.05, 0) is 0 Å². The normalized spacial score (nSPS) is 11.8. The average Bonchev–Trinajstić information content (AvgIpc) is 2.59. The van der Waals surface area contributed by atoms with Gasteiger partial charge in [0.05, 0.1) is 0 Å². The van der Waals surface area contributed by atoms with Gasteiger partial charge >= 0.3 is 169 Å². The summed E-state index contributed by atoms with van der Waals surface area (Å²) in [4.78, 5) is 0. The van der Waals surface area contributed by atoms with Crippen LogP contribution in [0.4, 0.5) is 0 Å². The predicted molar refractivity (Wildman–Crippen MR) is 120 cm³/mol. The predicted octanol–water partition coefficient (Wildman–Crippen LogP) is 9.42. The van der Waals surface area contributed by atoms with Crippen LogP contribution in [0.15, 0.2) is 0 Å². The maximum atomic E-state index is 2.37. The number of rotatable bonds is 20. The summed E-state index contributed by atoms with van der Waals surface area (Å²) in [6.07, 6.45) is 24.0. The van der Waals surface area contributed by atoms with E-state index in [9.17, 15) is 0 Å². The Morgan fingerprint density at radius 1 is 0.480 bits per heavy atom. The minimum atomic E-state index is -1.02. The van der Waals surface area contributed by atoms with E-state index in [1.807, 2.05) is 0 Å². The van der Waals surface area contributed by atoms with Crippen LogP contribution in [0.5, 0.6) is 0 Å². The molecule has 0 aliphatic heterocycles. The zero-order valence-corrected chi connectivity index (χ0v) is 21.4. The molecule has 0 aromatic heterocycles. The monoisotopic (exact) mass is 459 g/mol. The van der Waals surface area contributed by atoms with Gasteiger partial charge in [-0.15, -0.1) is 0 Å². The number of hydrogen-bond donors (Lipinski definition) is 0. The van der Waals surface area contributed by atoms with Gasteiger partial charge < -0.3 is 0 Å². The minimum absolute atomic E-state index is 0.907. The molecule has 25 heavy (non-hydrogen) atoms. The maximum absolute atomic E-state index is 2.37. The molecule has 0 aliphatic rings. The molecule has 151 valence electrons. The van der Waals surface area contributed by atoms with E-state index in [0.717, 1.165) is 5.92 Å². The molecule has 0 atom stereocenters. The fraction of sp³-hybridized carbons (Fsp3) is 1.00. The number of hydrogen-bond acceptors (Lipinski definition) is 0. The second-order valence-electron chi connectivity index (χ2n) is 8.78. The van der Waals surface area contributed by atoms with Gasteiger partial charge in [-0.2, -0.15) is 0 Å². The molecule has 0 aromatic carbocycles. The van der Waals surface area contributed by atoms with Crippen molar-refractivity contribution in [1.29, 1.82) is 0 Å². The van der Waals surface area contributed by atoms with Crippen LogP contribution in [0.3, 0.4) is 0 Å². The van der Waals surface area contributed by atoms with Crippen molar-refractivity contribution in [2.75, 3.05) is 0 Å². The summed E-state index contributed by atoms with van der Waals surface area (Å²) in [5.41, 5.74) is 0. The summed E-state index contributed by atoms with van der Waals surface area (Å²) in [5.74, 6) is 0.907. The Bertz CT molecular complexity index is 220. The van der Waals surface area contributed by atoms with Crippen molar-refractivity contribution in [2.45, 2.75) is 144 Å². The van der Waals surface area contributed by atoms with Gasteiger partial charge in [0.15, 0.2) is 0 Å². The first-order valence-corrected chi connectivity index (χ1v) is 18.1. The van der Waals surface area contributed by atoms with Crippen molar-refractivity contribution < 1.29 is 0 Å². The van der Waals surface area contributed by atoms with E-state index >= 15 is 0 Å². The summed E-state index contributed by atoms with van der Waals surface area (Å²) in [7, 11) is 0. The van der Waals surface area contributed by atoms with Gasteiger partial charge in [-0.3, -0.25) is 0 Å². The van der Waals surface area contributed by atoms with Gasteiger partial charge in [-0.1, -0.05) is 0 Å². The summed E-state index contributed by atoms with van der Waals surface area (Å²) in [6, 6.07) is 0. The molecule has 0 N–H and O–H groups in total. The quantitative estimate of drug-likeness (QED) is 0.126. The van der Waals surface area contributed by atoms with Crippen molar-refractivity contribution in [3.8, 4) is 0 Å². The topological polar surface area (TPSA) is 0 Å². The van der Waals surface area contributed by atoms with Gasteiger partial charge in [0.1, 0.15) is 0 Å². The van der Waals surface area contributed by atoms with E-state index in [0.29, 0.717) is 0 Å². The zero-order valence-electron chi connectivity index (χ0n) is 18.5. The first-order valence-electron chi connectivity index (χ1n) is 12.0. The first-order chi connectivity index (χ1) is 12.2. The molecule has 0 saturated carbocycles. The second kappa shape index (κ2) is 21.1. The Hall–Kier alpha value is 0.799. The van der Waals surface area contributed by atoms with Gasteiger partial charge in [0.25, 0.3) is 0 Å². The molecule has 0 spiro atoms. The van der Waals surface area contributed by atoms with Crippen molar-refractivity contribution >= 4 is 19.8 Å². The fourth-order valence-electron chi connectivity index (χ4n) is 3.79. The fourth-order valence-corrected chi connectivity index (χ4v) is 12.4. The van der Waals surface area contributed by atoms with Gasteiger partial charge in [0.2, 0.25) is 0 Å². The molecule has 0 aromatic rings. The average molecular weight is 458 g/mol. The van der Waals surface area contributed by atoms with E-state index in [1.165, 1.54) is 83.5 Å². The van der Waals surface area contributed by atoms with E-state index in [4.69, 9.17) is 0 Å². The van der Waals surface area contributed by atoms with Gasteiger partial charge in [-0.25, -0.2) is 0 Å². The number of unbranched alkanes of at least 4 members (excludes halogenated alkanes) is 12. The summed E-state index contributed by atoms with van der Waals surface area (Å²) >= 11 is -1.02. The molecule has 0 bridgehead atoms. The molecule has 1 radical (unpaired) electrons. The van der Waals surface area contributed by atoms with Crippen molar-refractivity contribution in [2.24, 2.45) is 5.92 Å². The van der Waals surface area contributed by atoms with Crippen LogP contribution in [-0.4, -0.2) is 19.8 Å². The standard InChI is InChI=1S/3C8H17.Sn/c1-4-5-6-7-8(2)3;2*1-3-5-7-8-6-4-2;/h8H,1,4-7H2,2-3H3;2*1,3-8H2,2H3;.